The van der Waals surface area contributed by atoms with Gasteiger partial charge < -0.3 is 14.6 Å². The summed E-state index contributed by atoms with van der Waals surface area (Å²) in [4.78, 5) is 0. The molecule has 3 heteroatoms. The molecule has 2 unspecified atom stereocenters. The molecule has 0 bridgehead atoms. The molecule has 1 heterocycles. The minimum absolute atomic E-state index is 0.359. The van der Waals surface area contributed by atoms with Crippen LogP contribution in [0.15, 0.2) is 0 Å². The van der Waals surface area contributed by atoms with Gasteiger partial charge in [0.2, 0.25) is 0 Å². The van der Waals surface area contributed by atoms with Gasteiger partial charge in [-0.1, -0.05) is 66.2 Å². The van der Waals surface area contributed by atoms with E-state index in [-0.39, 0.29) is 0 Å². The molecule has 22 heavy (non-hydrogen) atoms. The normalized spacial score (nSPS) is 18.0. The number of aliphatic hydroxyl groups excluding tert-OH is 1. The molecule has 0 amide bonds. The third-order valence-electron chi connectivity index (χ3n) is 3.94. The fourth-order valence-electron chi connectivity index (χ4n) is 2.28. The van der Waals surface area contributed by atoms with Crippen LogP contribution in [0.2, 0.25) is 0 Å². The molecule has 1 aliphatic heterocycles. The van der Waals surface area contributed by atoms with E-state index in [2.05, 4.69) is 27.7 Å². The zero-order chi connectivity index (χ0) is 16.6. The van der Waals surface area contributed by atoms with Crippen molar-refractivity contribution in [1.29, 1.82) is 0 Å². The van der Waals surface area contributed by atoms with Gasteiger partial charge in [0.15, 0.2) is 0 Å². The summed E-state index contributed by atoms with van der Waals surface area (Å²) in [6.07, 6.45) is 11.9. The van der Waals surface area contributed by atoms with Gasteiger partial charge in [0.05, 0.1) is 19.3 Å². The predicted octanol–water partition coefficient (Wildman–Crippen LogP) is 4.96. The van der Waals surface area contributed by atoms with Crippen molar-refractivity contribution in [2.75, 3.05) is 19.8 Å². The Balaban J connectivity index is 0.000000433. The quantitative estimate of drug-likeness (QED) is 0.386. The summed E-state index contributed by atoms with van der Waals surface area (Å²) in [5.74, 6) is 0.823. The highest BCUT2D eigenvalue weighted by Crippen LogP contribution is 2.14. The molecule has 0 aliphatic carbocycles. The number of unbranched alkanes of at least 4 members (excludes halogenated alkanes) is 4. The zero-order valence-electron chi connectivity index (χ0n) is 15.5. The molecule has 0 aromatic rings. The van der Waals surface area contributed by atoms with Crippen LogP contribution >= 0.6 is 0 Å². The first-order chi connectivity index (χ1) is 10.6. The minimum Gasteiger partial charge on any atom is -0.396 e. The molecule has 0 aromatic carbocycles. The molecular weight excluding hydrogens is 276 g/mol. The molecule has 0 radical (unpaired) electrons. The van der Waals surface area contributed by atoms with Crippen molar-refractivity contribution in [1.82, 2.24) is 0 Å². The van der Waals surface area contributed by atoms with Crippen molar-refractivity contribution in [2.45, 2.75) is 97.7 Å². The van der Waals surface area contributed by atoms with Crippen LogP contribution in [0.5, 0.6) is 0 Å². The van der Waals surface area contributed by atoms with Gasteiger partial charge in [0, 0.05) is 6.61 Å². The number of aliphatic hydroxyl groups is 1. The second kappa shape index (κ2) is 15.8. The highest BCUT2D eigenvalue weighted by molar-refractivity contribution is 4.69. The highest BCUT2D eigenvalue weighted by Gasteiger charge is 2.23. The summed E-state index contributed by atoms with van der Waals surface area (Å²) in [5.41, 5.74) is 0. The van der Waals surface area contributed by atoms with E-state index in [1.54, 1.807) is 0 Å². The Bertz CT molecular complexity index is 215. The second-order valence-electron chi connectivity index (χ2n) is 6.78. The van der Waals surface area contributed by atoms with Crippen LogP contribution in [0.25, 0.3) is 0 Å². The Hall–Kier alpha value is -0.120. The number of epoxide rings is 1. The van der Waals surface area contributed by atoms with E-state index in [0.29, 0.717) is 18.8 Å². The molecule has 1 N–H and O–H groups in total. The Labute approximate surface area is 138 Å². The average molecular weight is 317 g/mol. The maximum Gasteiger partial charge on any atom is 0.104 e. The molecule has 1 rings (SSSR count). The Morgan fingerprint density at radius 2 is 1.73 bits per heavy atom. The molecule has 1 aliphatic rings. The number of hydrogen-bond acceptors (Lipinski definition) is 3. The molecule has 3 nitrogen and oxygen atoms in total. The van der Waals surface area contributed by atoms with Crippen LogP contribution in [0.4, 0.5) is 0 Å². The predicted molar refractivity (Wildman–Crippen MR) is 94.3 cm³/mol. The van der Waals surface area contributed by atoms with Crippen molar-refractivity contribution in [3.63, 3.8) is 0 Å². The molecule has 1 fully saturated rings. The van der Waals surface area contributed by atoms with E-state index in [0.717, 1.165) is 32.0 Å². The van der Waals surface area contributed by atoms with Crippen LogP contribution < -0.4 is 0 Å². The van der Waals surface area contributed by atoms with Crippen molar-refractivity contribution < 1.29 is 14.6 Å². The summed E-state index contributed by atoms with van der Waals surface area (Å²) in [6.45, 7) is 11.0. The monoisotopic (exact) mass is 316 g/mol. The lowest BCUT2D eigenvalue weighted by Gasteiger charge is -2.14. The summed E-state index contributed by atoms with van der Waals surface area (Å²) in [7, 11) is 0. The van der Waals surface area contributed by atoms with Crippen LogP contribution in [0.1, 0.15) is 85.5 Å². The highest BCUT2D eigenvalue weighted by atomic mass is 16.6. The van der Waals surface area contributed by atoms with Gasteiger partial charge in [-0.25, -0.2) is 0 Å². The first-order valence-corrected chi connectivity index (χ1v) is 9.48. The first-order valence-electron chi connectivity index (χ1n) is 9.48. The van der Waals surface area contributed by atoms with E-state index in [1.807, 2.05) is 0 Å². The van der Waals surface area contributed by atoms with Gasteiger partial charge in [0.25, 0.3) is 0 Å². The van der Waals surface area contributed by atoms with Crippen LogP contribution in [0, 0.1) is 5.92 Å². The van der Waals surface area contributed by atoms with Crippen molar-refractivity contribution in [3.05, 3.63) is 0 Å². The fourth-order valence-corrected chi connectivity index (χ4v) is 2.28. The fraction of sp³-hybridized carbons (Fsp3) is 1.00. The second-order valence-corrected chi connectivity index (χ2v) is 6.78. The maximum atomic E-state index is 8.43. The molecule has 1 saturated heterocycles. The lowest BCUT2D eigenvalue weighted by molar-refractivity contribution is 0.0335. The summed E-state index contributed by atoms with van der Waals surface area (Å²) in [5, 5.41) is 8.43. The van der Waals surface area contributed by atoms with E-state index in [9.17, 15) is 0 Å². The van der Waals surface area contributed by atoms with Crippen LogP contribution in [-0.4, -0.2) is 37.1 Å². The average Bonchev–Trinajstić information content (AvgIpc) is 3.32. The van der Waals surface area contributed by atoms with E-state index in [4.69, 9.17) is 14.6 Å². The maximum absolute atomic E-state index is 8.43. The lowest BCUT2D eigenvalue weighted by atomic mass is 10.1. The summed E-state index contributed by atoms with van der Waals surface area (Å²) in [6, 6.07) is 0. The van der Waals surface area contributed by atoms with Crippen LogP contribution in [0.3, 0.4) is 0 Å². The van der Waals surface area contributed by atoms with Crippen molar-refractivity contribution in [3.8, 4) is 0 Å². The molecule has 0 spiro atoms. The molecule has 0 saturated carbocycles. The van der Waals surface area contributed by atoms with E-state index in [1.165, 1.54) is 44.9 Å². The summed E-state index contributed by atoms with van der Waals surface area (Å²) < 4.78 is 10.8. The van der Waals surface area contributed by atoms with Gasteiger partial charge in [-0.15, -0.1) is 0 Å². The minimum atomic E-state index is 0.359. The number of ether oxygens (including phenoxy) is 2. The lowest BCUT2D eigenvalue weighted by Crippen LogP contribution is -2.15. The SMILES string of the molecule is CC(C)CCCCCO.CCCCCC(CC)OCC1CO1. The van der Waals surface area contributed by atoms with Gasteiger partial charge >= 0.3 is 0 Å². The first kappa shape index (κ1) is 21.9. The largest absolute Gasteiger partial charge is 0.396 e. The van der Waals surface area contributed by atoms with Gasteiger partial charge in [-0.3, -0.25) is 0 Å². The van der Waals surface area contributed by atoms with Gasteiger partial charge in [-0.05, 0) is 25.2 Å². The number of hydrogen-bond donors (Lipinski definition) is 1. The molecule has 0 aromatic heterocycles. The summed E-state index contributed by atoms with van der Waals surface area (Å²) >= 11 is 0. The van der Waals surface area contributed by atoms with Gasteiger partial charge in [0.1, 0.15) is 6.10 Å². The topological polar surface area (TPSA) is 42.0 Å². The van der Waals surface area contributed by atoms with Crippen LogP contribution in [-0.2, 0) is 9.47 Å². The third kappa shape index (κ3) is 16.3. The van der Waals surface area contributed by atoms with Crippen molar-refractivity contribution in [2.24, 2.45) is 5.92 Å². The van der Waals surface area contributed by atoms with Crippen molar-refractivity contribution >= 4 is 0 Å². The molecule has 134 valence electrons. The Morgan fingerprint density at radius 3 is 2.23 bits per heavy atom. The zero-order valence-corrected chi connectivity index (χ0v) is 15.5. The smallest absolute Gasteiger partial charge is 0.104 e. The van der Waals surface area contributed by atoms with E-state index < -0.39 is 0 Å². The Morgan fingerprint density at radius 1 is 1.05 bits per heavy atom. The third-order valence-corrected chi connectivity index (χ3v) is 3.94. The van der Waals surface area contributed by atoms with E-state index >= 15 is 0 Å². The molecule has 2 atom stereocenters. The number of rotatable bonds is 13. The Kier molecular flexibility index (Phi) is 15.7. The van der Waals surface area contributed by atoms with Gasteiger partial charge in [-0.2, -0.15) is 0 Å². The standard InChI is InChI=1S/C11H22O2.C8H18O/c1-3-5-6-7-10(4-2)12-8-11-9-13-11;1-8(2)6-4-3-5-7-9/h10-11H,3-9H2,1-2H3;8-9H,3-7H2,1-2H3. The molecular formula is C19H40O3.